The van der Waals surface area contributed by atoms with Crippen molar-refractivity contribution in [1.29, 1.82) is 0 Å². The Labute approximate surface area is 80.8 Å². The number of rotatable bonds is 7. The van der Waals surface area contributed by atoms with Gasteiger partial charge in [0.2, 0.25) is 0 Å². The van der Waals surface area contributed by atoms with Crippen LogP contribution in [-0.4, -0.2) is 46.4 Å². The van der Waals surface area contributed by atoms with Crippen molar-refractivity contribution in [3.63, 3.8) is 0 Å². The number of hydrogen-bond acceptors (Lipinski definition) is 5. The first-order valence-corrected chi connectivity index (χ1v) is 6.95. The standard InChI is InChI=1S/C5H15N2O4PS/c6-3-5(8)4-7-1-2-13-12(9,10)11/h5,7-8H,1-4,6H2,(H2,9,10,11). The predicted octanol–water partition coefficient (Wildman–Crippen LogP) is -1.28. The lowest BCUT2D eigenvalue weighted by Gasteiger charge is -2.08. The van der Waals surface area contributed by atoms with E-state index in [0.29, 0.717) is 30.2 Å². The molecule has 0 bridgehead atoms. The molecule has 8 heteroatoms. The summed E-state index contributed by atoms with van der Waals surface area (Å²) in [6.45, 7) is -2.99. The molecule has 0 saturated carbocycles. The van der Waals surface area contributed by atoms with Gasteiger partial charge >= 0.3 is 6.80 Å². The molecule has 0 aromatic carbocycles. The zero-order valence-corrected chi connectivity index (χ0v) is 8.80. The topological polar surface area (TPSA) is 116 Å². The molecule has 80 valence electrons. The SMILES string of the molecule is NCC(O)CNCCSP(=O)(O)O. The summed E-state index contributed by atoms with van der Waals surface area (Å²) in [6.07, 6.45) is -0.597. The van der Waals surface area contributed by atoms with Crippen molar-refractivity contribution < 1.29 is 19.5 Å². The van der Waals surface area contributed by atoms with Crippen LogP contribution in [0.4, 0.5) is 0 Å². The summed E-state index contributed by atoms with van der Waals surface area (Å²) in [5, 5.41) is 11.8. The zero-order valence-electron chi connectivity index (χ0n) is 7.09. The molecular weight excluding hydrogens is 215 g/mol. The normalized spacial score (nSPS) is 14.5. The van der Waals surface area contributed by atoms with Crippen molar-refractivity contribution in [2.75, 3.05) is 25.4 Å². The molecular formula is C5H15N2O4PS. The molecule has 6 N–H and O–H groups in total. The third-order valence-electron chi connectivity index (χ3n) is 1.19. The van der Waals surface area contributed by atoms with E-state index in [1.165, 1.54) is 0 Å². The molecule has 0 fully saturated rings. The van der Waals surface area contributed by atoms with E-state index in [-0.39, 0.29) is 6.54 Å². The molecule has 0 aliphatic heterocycles. The van der Waals surface area contributed by atoms with E-state index in [1.807, 2.05) is 0 Å². The average Bonchev–Trinajstić information content (AvgIpc) is 2.01. The first-order valence-electron chi connectivity index (χ1n) is 3.74. The van der Waals surface area contributed by atoms with Crippen LogP contribution in [0.3, 0.4) is 0 Å². The van der Waals surface area contributed by atoms with Gasteiger partial charge in [-0.1, -0.05) is 0 Å². The highest BCUT2D eigenvalue weighted by molar-refractivity contribution is 8.54. The van der Waals surface area contributed by atoms with Crippen molar-refractivity contribution in [1.82, 2.24) is 5.32 Å². The Bertz CT molecular complexity index is 176. The smallest absolute Gasteiger partial charge is 0.384 e. The van der Waals surface area contributed by atoms with Gasteiger partial charge in [0.15, 0.2) is 0 Å². The van der Waals surface area contributed by atoms with Gasteiger partial charge in [-0.3, -0.25) is 0 Å². The van der Waals surface area contributed by atoms with Gasteiger partial charge in [0, 0.05) is 25.4 Å². The summed E-state index contributed by atoms with van der Waals surface area (Å²) in [5.41, 5.74) is 5.14. The van der Waals surface area contributed by atoms with E-state index in [9.17, 15) is 4.57 Å². The summed E-state index contributed by atoms with van der Waals surface area (Å²) < 4.78 is 10.3. The zero-order chi connectivity index (χ0) is 10.3. The summed E-state index contributed by atoms with van der Waals surface area (Å²) in [6, 6.07) is 0. The van der Waals surface area contributed by atoms with Crippen LogP contribution in [0.1, 0.15) is 0 Å². The number of aliphatic hydroxyl groups excluding tert-OH is 1. The van der Waals surface area contributed by atoms with Gasteiger partial charge in [0.25, 0.3) is 0 Å². The molecule has 0 aromatic rings. The third kappa shape index (κ3) is 10.3. The number of nitrogens with one attached hydrogen (secondary N) is 1. The lowest BCUT2D eigenvalue weighted by atomic mass is 10.3. The maximum Gasteiger partial charge on any atom is 0.384 e. The Kier molecular flexibility index (Phi) is 6.98. The lowest BCUT2D eigenvalue weighted by Crippen LogP contribution is -2.33. The highest BCUT2D eigenvalue weighted by Crippen LogP contribution is 2.49. The monoisotopic (exact) mass is 230 g/mol. The number of nitrogens with two attached hydrogens (primary N) is 1. The van der Waals surface area contributed by atoms with Crippen LogP contribution < -0.4 is 11.1 Å². The second kappa shape index (κ2) is 6.78. The van der Waals surface area contributed by atoms with E-state index >= 15 is 0 Å². The van der Waals surface area contributed by atoms with Gasteiger partial charge in [-0.25, -0.2) is 4.57 Å². The fourth-order valence-electron chi connectivity index (χ4n) is 0.589. The highest BCUT2D eigenvalue weighted by atomic mass is 32.7. The third-order valence-corrected chi connectivity index (χ3v) is 3.47. The molecule has 0 heterocycles. The minimum atomic E-state index is -3.95. The molecule has 0 spiro atoms. The van der Waals surface area contributed by atoms with Gasteiger partial charge < -0.3 is 25.9 Å². The second-order valence-corrected chi connectivity index (χ2v) is 6.27. The van der Waals surface area contributed by atoms with Crippen LogP contribution in [0.5, 0.6) is 0 Å². The van der Waals surface area contributed by atoms with Crippen molar-refractivity contribution in [2.45, 2.75) is 6.10 Å². The molecule has 0 amide bonds. The van der Waals surface area contributed by atoms with Crippen LogP contribution in [-0.2, 0) is 4.57 Å². The van der Waals surface area contributed by atoms with E-state index in [1.54, 1.807) is 0 Å². The number of aliphatic hydroxyl groups is 1. The Morgan fingerprint density at radius 1 is 1.54 bits per heavy atom. The summed E-state index contributed by atoms with van der Waals surface area (Å²) in [5.74, 6) is 0.307. The average molecular weight is 230 g/mol. The molecule has 0 saturated heterocycles. The van der Waals surface area contributed by atoms with Crippen LogP contribution in [0.25, 0.3) is 0 Å². The van der Waals surface area contributed by atoms with Crippen LogP contribution in [0.15, 0.2) is 0 Å². The molecule has 1 unspecified atom stereocenters. The summed E-state index contributed by atoms with van der Waals surface area (Å²) in [7, 11) is 0. The quantitative estimate of drug-likeness (QED) is 0.273. The second-order valence-electron chi connectivity index (χ2n) is 2.42. The largest absolute Gasteiger partial charge is 0.390 e. The van der Waals surface area contributed by atoms with E-state index in [4.69, 9.17) is 20.6 Å². The van der Waals surface area contributed by atoms with Gasteiger partial charge in [0.1, 0.15) is 0 Å². The minimum absolute atomic E-state index is 0.179. The van der Waals surface area contributed by atoms with E-state index < -0.39 is 12.9 Å². The van der Waals surface area contributed by atoms with Crippen molar-refractivity contribution in [2.24, 2.45) is 5.73 Å². The van der Waals surface area contributed by atoms with Gasteiger partial charge in [-0.05, 0) is 11.4 Å². The van der Waals surface area contributed by atoms with Gasteiger partial charge in [-0.15, -0.1) is 0 Å². The Balaban J connectivity index is 3.22. The minimum Gasteiger partial charge on any atom is -0.390 e. The van der Waals surface area contributed by atoms with Crippen molar-refractivity contribution in [3.8, 4) is 0 Å². The molecule has 1 atom stereocenters. The van der Waals surface area contributed by atoms with Crippen LogP contribution in [0.2, 0.25) is 0 Å². The van der Waals surface area contributed by atoms with Crippen LogP contribution >= 0.6 is 18.2 Å². The number of hydrogen-bond donors (Lipinski definition) is 5. The first kappa shape index (κ1) is 13.4. The fraction of sp³-hybridized carbons (Fsp3) is 1.00. The van der Waals surface area contributed by atoms with Crippen molar-refractivity contribution >= 4 is 18.2 Å². The van der Waals surface area contributed by atoms with E-state index in [0.717, 1.165) is 0 Å². The highest BCUT2D eigenvalue weighted by Gasteiger charge is 2.12. The first-order chi connectivity index (χ1) is 5.95. The molecule has 13 heavy (non-hydrogen) atoms. The van der Waals surface area contributed by atoms with Gasteiger partial charge in [-0.2, -0.15) is 0 Å². The van der Waals surface area contributed by atoms with E-state index in [2.05, 4.69) is 5.32 Å². The summed E-state index contributed by atoms with van der Waals surface area (Å²) in [4.78, 5) is 16.9. The molecule has 0 aromatic heterocycles. The molecule has 0 radical (unpaired) electrons. The fourth-order valence-corrected chi connectivity index (χ4v) is 2.05. The molecule has 0 aliphatic carbocycles. The maximum absolute atomic E-state index is 10.3. The summed E-state index contributed by atoms with van der Waals surface area (Å²) >= 11 is 0.584. The molecule has 0 rings (SSSR count). The Morgan fingerprint density at radius 3 is 2.62 bits per heavy atom. The van der Waals surface area contributed by atoms with Gasteiger partial charge in [0.05, 0.1) is 6.10 Å². The maximum atomic E-state index is 10.3. The molecule has 0 aliphatic rings. The predicted molar refractivity (Wildman–Crippen MR) is 52.4 cm³/mol. The Morgan fingerprint density at radius 2 is 2.15 bits per heavy atom. The van der Waals surface area contributed by atoms with Crippen molar-refractivity contribution in [3.05, 3.63) is 0 Å². The Hall–Kier alpha value is 0.380. The van der Waals surface area contributed by atoms with Crippen LogP contribution in [0, 0.1) is 0 Å². The lowest BCUT2D eigenvalue weighted by molar-refractivity contribution is 0.180. The molecule has 6 nitrogen and oxygen atoms in total.